The van der Waals surface area contributed by atoms with Crippen LogP contribution in [0, 0.1) is 18.6 Å². The number of likely N-dealkylation sites (N-methyl/N-ethyl adjacent to an activating group) is 1. The van der Waals surface area contributed by atoms with E-state index in [-0.39, 0.29) is 11.4 Å². The molecule has 1 aliphatic rings. The van der Waals surface area contributed by atoms with Crippen LogP contribution in [0.15, 0.2) is 53.3 Å². The van der Waals surface area contributed by atoms with Gasteiger partial charge in [-0.25, -0.2) is 13.5 Å². The summed E-state index contributed by atoms with van der Waals surface area (Å²) >= 11 is 0. The highest BCUT2D eigenvalue weighted by Crippen LogP contribution is 2.28. The molecule has 1 aromatic heterocycles. The SMILES string of the molecule is Cc1cc(=O)c(C(=O)NC(C)c2cc(F)ccc2N2CCN(C)CC2)nn1-c1ccccc1F. The van der Waals surface area contributed by atoms with Gasteiger partial charge in [0.2, 0.25) is 5.43 Å². The fourth-order valence-corrected chi connectivity index (χ4v) is 4.12. The zero-order valence-corrected chi connectivity index (χ0v) is 19.4. The molecule has 1 atom stereocenters. The molecule has 7 nitrogen and oxygen atoms in total. The number of carbonyl (C=O) groups is 1. The molecule has 178 valence electrons. The molecule has 0 radical (unpaired) electrons. The summed E-state index contributed by atoms with van der Waals surface area (Å²) in [6.07, 6.45) is 0. The van der Waals surface area contributed by atoms with Crippen molar-refractivity contribution in [2.75, 3.05) is 38.1 Å². The normalized spacial score (nSPS) is 15.3. The highest BCUT2D eigenvalue weighted by Gasteiger charge is 2.23. The second kappa shape index (κ2) is 9.72. The molecular formula is C25H27F2N5O2. The van der Waals surface area contributed by atoms with Crippen LogP contribution in [0.2, 0.25) is 0 Å². The van der Waals surface area contributed by atoms with Crippen molar-refractivity contribution < 1.29 is 13.6 Å². The Bertz CT molecular complexity index is 1270. The first-order valence-electron chi connectivity index (χ1n) is 11.1. The number of halogens is 2. The molecule has 0 bridgehead atoms. The Morgan fingerprint density at radius 1 is 1.03 bits per heavy atom. The Morgan fingerprint density at radius 3 is 2.44 bits per heavy atom. The monoisotopic (exact) mass is 467 g/mol. The lowest BCUT2D eigenvalue weighted by atomic mass is 10.0. The number of anilines is 1. The number of nitrogens with one attached hydrogen (secondary N) is 1. The van der Waals surface area contributed by atoms with E-state index >= 15 is 0 Å². The number of piperazine rings is 1. The minimum Gasteiger partial charge on any atom is -0.369 e. The highest BCUT2D eigenvalue weighted by atomic mass is 19.1. The van der Waals surface area contributed by atoms with E-state index in [1.807, 2.05) is 0 Å². The first kappa shape index (κ1) is 23.6. The average molecular weight is 468 g/mol. The van der Waals surface area contributed by atoms with Crippen LogP contribution in [0.3, 0.4) is 0 Å². The van der Waals surface area contributed by atoms with Gasteiger partial charge in [-0.3, -0.25) is 9.59 Å². The molecule has 0 spiro atoms. The van der Waals surface area contributed by atoms with Gasteiger partial charge in [-0.15, -0.1) is 0 Å². The minimum absolute atomic E-state index is 0.129. The van der Waals surface area contributed by atoms with E-state index in [4.69, 9.17) is 0 Å². The average Bonchev–Trinajstić information content (AvgIpc) is 2.80. The van der Waals surface area contributed by atoms with Crippen LogP contribution in [-0.4, -0.2) is 53.8 Å². The molecule has 2 aromatic carbocycles. The minimum atomic E-state index is -0.712. The molecule has 1 N–H and O–H groups in total. The second-order valence-electron chi connectivity index (χ2n) is 8.55. The van der Waals surface area contributed by atoms with Crippen molar-refractivity contribution in [2.24, 2.45) is 0 Å². The van der Waals surface area contributed by atoms with E-state index in [9.17, 15) is 18.4 Å². The van der Waals surface area contributed by atoms with Gasteiger partial charge < -0.3 is 15.1 Å². The number of rotatable bonds is 5. The summed E-state index contributed by atoms with van der Waals surface area (Å²) in [7, 11) is 2.05. The van der Waals surface area contributed by atoms with Crippen molar-refractivity contribution in [3.05, 3.63) is 87.3 Å². The van der Waals surface area contributed by atoms with Gasteiger partial charge in [-0.1, -0.05) is 12.1 Å². The molecular weight excluding hydrogens is 440 g/mol. The molecule has 1 amide bonds. The summed E-state index contributed by atoms with van der Waals surface area (Å²) in [6.45, 7) is 6.65. The number of hydrogen-bond donors (Lipinski definition) is 1. The number of hydrogen-bond acceptors (Lipinski definition) is 5. The van der Waals surface area contributed by atoms with Gasteiger partial charge >= 0.3 is 0 Å². The van der Waals surface area contributed by atoms with Gasteiger partial charge in [-0.2, -0.15) is 5.10 Å². The van der Waals surface area contributed by atoms with Crippen molar-refractivity contribution in [1.82, 2.24) is 20.0 Å². The molecule has 1 saturated heterocycles. The maximum atomic E-state index is 14.3. The van der Waals surface area contributed by atoms with E-state index in [0.717, 1.165) is 31.9 Å². The van der Waals surface area contributed by atoms with Crippen molar-refractivity contribution in [3.8, 4) is 5.69 Å². The molecule has 34 heavy (non-hydrogen) atoms. The molecule has 2 heterocycles. The largest absolute Gasteiger partial charge is 0.369 e. The van der Waals surface area contributed by atoms with E-state index < -0.39 is 29.0 Å². The third kappa shape index (κ3) is 4.84. The van der Waals surface area contributed by atoms with Crippen LogP contribution >= 0.6 is 0 Å². The lowest BCUT2D eigenvalue weighted by Crippen LogP contribution is -2.45. The van der Waals surface area contributed by atoms with Crippen LogP contribution < -0.4 is 15.6 Å². The summed E-state index contributed by atoms with van der Waals surface area (Å²) in [5, 5.41) is 6.92. The number of aryl methyl sites for hydroxylation is 1. The Hall–Kier alpha value is -3.59. The third-order valence-electron chi connectivity index (χ3n) is 6.05. The molecule has 0 saturated carbocycles. The summed E-state index contributed by atoms with van der Waals surface area (Å²) in [5.41, 5.74) is 1.03. The van der Waals surface area contributed by atoms with Crippen LogP contribution in [0.4, 0.5) is 14.5 Å². The predicted octanol–water partition coefficient (Wildman–Crippen LogP) is 3.06. The lowest BCUT2D eigenvalue weighted by Gasteiger charge is -2.36. The Kier molecular flexibility index (Phi) is 6.74. The van der Waals surface area contributed by atoms with Gasteiger partial charge in [0.15, 0.2) is 5.69 Å². The predicted molar refractivity (Wildman–Crippen MR) is 127 cm³/mol. The first-order chi connectivity index (χ1) is 16.2. The topological polar surface area (TPSA) is 70.5 Å². The van der Waals surface area contributed by atoms with E-state index in [1.165, 1.54) is 35.0 Å². The van der Waals surface area contributed by atoms with E-state index in [1.54, 1.807) is 32.0 Å². The van der Waals surface area contributed by atoms with Gasteiger partial charge in [0.1, 0.15) is 17.3 Å². The quantitative estimate of drug-likeness (QED) is 0.625. The lowest BCUT2D eigenvalue weighted by molar-refractivity contribution is 0.0931. The fraction of sp³-hybridized carbons (Fsp3) is 0.320. The van der Waals surface area contributed by atoms with Crippen molar-refractivity contribution >= 4 is 11.6 Å². The van der Waals surface area contributed by atoms with Crippen LogP contribution in [-0.2, 0) is 0 Å². The van der Waals surface area contributed by atoms with Crippen molar-refractivity contribution in [1.29, 1.82) is 0 Å². The van der Waals surface area contributed by atoms with Crippen LogP contribution in [0.5, 0.6) is 0 Å². The number of para-hydroxylation sites is 1. The number of carbonyl (C=O) groups excluding carboxylic acids is 1. The number of amides is 1. The first-order valence-corrected chi connectivity index (χ1v) is 11.1. The smallest absolute Gasteiger partial charge is 0.276 e. The molecule has 3 aromatic rings. The van der Waals surface area contributed by atoms with Gasteiger partial charge in [0.25, 0.3) is 5.91 Å². The summed E-state index contributed by atoms with van der Waals surface area (Å²) in [6, 6.07) is 11.2. The standard InChI is InChI=1S/C25H27F2N5O2/c1-16-14-23(33)24(29-32(16)22-7-5-4-6-20(22)27)25(34)28-17(2)19-15-18(26)8-9-21(19)31-12-10-30(3)11-13-31/h4-9,14-15,17H,10-13H2,1-3H3,(H,28,34). The molecule has 1 fully saturated rings. The number of nitrogens with zero attached hydrogens (tertiary/aromatic N) is 4. The Labute approximate surface area is 196 Å². The molecule has 4 rings (SSSR count). The van der Waals surface area contributed by atoms with Crippen LogP contribution in [0.1, 0.15) is 34.7 Å². The Balaban J connectivity index is 1.63. The highest BCUT2D eigenvalue weighted by molar-refractivity contribution is 5.92. The summed E-state index contributed by atoms with van der Waals surface area (Å²) in [4.78, 5) is 30.0. The van der Waals surface area contributed by atoms with Crippen LogP contribution in [0.25, 0.3) is 5.69 Å². The van der Waals surface area contributed by atoms with Gasteiger partial charge in [0, 0.05) is 49.2 Å². The molecule has 1 unspecified atom stereocenters. The van der Waals surface area contributed by atoms with E-state index in [0.29, 0.717) is 11.3 Å². The summed E-state index contributed by atoms with van der Waals surface area (Å²) in [5.74, 6) is -1.65. The second-order valence-corrected chi connectivity index (χ2v) is 8.55. The fourth-order valence-electron chi connectivity index (χ4n) is 4.12. The Morgan fingerprint density at radius 2 is 1.74 bits per heavy atom. The maximum Gasteiger partial charge on any atom is 0.276 e. The zero-order valence-electron chi connectivity index (χ0n) is 19.4. The number of aromatic nitrogens is 2. The zero-order chi connectivity index (χ0) is 24.4. The van der Waals surface area contributed by atoms with Gasteiger partial charge in [-0.05, 0) is 51.2 Å². The molecule has 9 heteroatoms. The van der Waals surface area contributed by atoms with Crippen molar-refractivity contribution in [3.63, 3.8) is 0 Å². The van der Waals surface area contributed by atoms with E-state index in [2.05, 4.69) is 27.3 Å². The maximum absolute atomic E-state index is 14.3. The van der Waals surface area contributed by atoms with Crippen molar-refractivity contribution in [2.45, 2.75) is 19.9 Å². The summed E-state index contributed by atoms with van der Waals surface area (Å²) < 4.78 is 29.7. The molecule has 0 aliphatic carbocycles. The third-order valence-corrected chi connectivity index (χ3v) is 6.05. The van der Waals surface area contributed by atoms with Gasteiger partial charge in [0.05, 0.1) is 6.04 Å². The molecule has 1 aliphatic heterocycles. The number of benzene rings is 2.